The van der Waals surface area contributed by atoms with Crippen molar-refractivity contribution in [1.29, 1.82) is 0 Å². The predicted molar refractivity (Wildman–Crippen MR) is 111 cm³/mol. The van der Waals surface area contributed by atoms with Gasteiger partial charge in [-0.2, -0.15) is 0 Å². The highest BCUT2D eigenvalue weighted by Crippen LogP contribution is 2.30. The maximum Gasteiger partial charge on any atom is 0.241 e. The number of halogens is 1. The van der Waals surface area contributed by atoms with Crippen LogP contribution in [0.5, 0.6) is 0 Å². The molecule has 1 heterocycles. The van der Waals surface area contributed by atoms with Crippen molar-refractivity contribution in [3.8, 4) is 0 Å². The Morgan fingerprint density at radius 3 is 2.42 bits per heavy atom. The molecule has 0 bridgehead atoms. The molecule has 3 rings (SSSR count). The lowest BCUT2D eigenvalue weighted by Gasteiger charge is -2.43. The lowest BCUT2D eigenvalue weighted by Crippen LogP contribution is -2.55. The van der Waals surface area contributed by atoms with Gasteiger partial charge in [0.1, 0.15) is 0 Å². The molecule has 4 nitrogen and oxygen atoms in total. The number of carbonyl (C=O) groups is 1. The number of piperidine rings is 1. The molecule has 2 aliphatic rings. The quantitative estimate of drug-likeness (QED) is 0.864. The molecule has 1 aromatic rings. The highest BCUT2D eigenvalue weighted by molar-refractivity contribution is 5.95. The van der Waals surface area contributed by atoms with E-state index in [2.05, 4.69) is 35.8 Å². The Morgan fingerprint density at radius 1 is 1.15 bits per heavy atom. The van der Waals surface area contributed by atoms with E-state index in [1.807, 2.05) is 18.2 Å². The molecular formula is C21H34ClN3O. The molecule has 0 aromatic heterocycles. The fourth-order valence-corrected chi connectivity index (χ4v) is 4.37. The first kappa shape index (κ1) is 21.2. The van der Waals surface area contributed by atoms with Gasteiger partial charge in [-0.3, -0.25) is 9.69 Å². The molecular weight excluding hydrogens is 346 g/mol. The molecule has 1 amide bonds. The summed E-state index contributed by atoms with van der Waals surface area (Å²) in [5.74, 6) is 0.240. The molecule has 2 N–H and O–H groups in total. The number of carbonyl (C=O) groups excluding carboxylic acids is 1. The van der Waals surface area contributed by atoms with Gasteiger partial charge in [0.25, 0.3) is 0 Å². The highest BCUT2D eigenvalue weighted by Gasteiger charge is 2.35. The molecule has 5 heteroatoms. The molecule has 2 fully saturated rings. The van der Waals surface area contributed by atoms with E-state index < -0.39 is 0 Å². The first-order valence-corrected chi connectivity index (χ1v) is 9.82. The van der Waals surface area contributed by atoms with Crippen LogP contribution in [0.3, 0.4) is 0 Å². The number of nitrogens with two attached hydrogens (primary N) is 1. The van der Waals surface area contributed by atoms with Crippen LogP contribution in [0.2, 0.25) is 0 Å². The topological polar surface area (TPSA) is 49.6 Å². The first-order valence-electron chi connectivity index (χ1n) is 9.82. The van der Waals surface area contributed by atoms with E-state index in [9.17, 15) is 4.79 Å². The van der Waals surface area contributed by atoms with Crippen molar-refractivity contribution in [3.05, 3.63) is 30.3 Å². The number of para-hydroxylation sites is 1. The van der Waals surface area contributed by atoms with Crippen molar-refractivity contribution < 1.29 is 4.79 Å². The number of rotatable bonds is 4. The fraction of sp³-hybridized carbons (Fsp3) is 0.667. The number of amides is 1. The maximum atomic E-state index is 13.3. The van der Waals surface area contributed by atoms with Gasteiger partial charge >= 0.3 is 0 Å². The van der Waals surface area contributed by atoms with Gasteiger partial charge in [0.2, 0.25) is 5.91 Å². The SMILES string of the molecule is CC1(C)CN(CC(=O)N(c2ccccc2)C2CCCCC2)CCC1N.Cl. The van der Waals surface area contributed by atoms with Gasteiger partial charge in [-0.1, -0.05) is 51.3 Å². The summed E-state index contributed by atoms with van der Waals surface area (Å²) in [6.45, 7) is 6.74. The van der Waals surface area contributed by atoms with Crippen molar-refractivity contribution >= 4 is 24.0 Å². The third-order valence-electron chi connectivity index (χ3n) is 5.99. The molecule has 0 radical (unpaired) electrons. The van der Waals surface area contributed by atoms with E-state index in [-0.39, 0.29) is 29.8 Å². The minimum Gasteiger partial charge on any atom is -0.327 e. The molecule has 1 saturated heterocycles. The number of hydrogen-bond donors (Lipinski definition) is 1. The van der Waals surface area contributed by atoms with Gasteiger partial charge in [0.05, 0.1) is 6.54 Å². The monoisotopic (exact) mass is 379 g/mol. The molecule has 0 spiro atoms. The van der Waals surface area contributed by atoms with Crippen LogP contribution in [0.25, 0.3) is 0 Å². The average molecular weight is 380 g/mol. The Kier molecular flexibility index (Phi) is 7.51. The molecule has 1 atom stereocenters. The molecule has 1 aliphatic heterocycles. The van der Waals surface area contributed by atoms with Crippen LogP contribution >= 0.6 is 12.4 Å². The molecule has 1 aliphatic carbocycles. The van der Waals surface area contributed by atoms with Crippen molar-refractivity contribution in [2.24, 2.45) is 11.1 Å². The Labute approximate surface area is 164 Å². The predicted octanol–water partition coefficient (Wildman–Crippen LogP) is 3.83. The van der Waals surface area contributed by atoms with Gasteiger partial charge in [0, 0.05) is 30.9 Å². The maximum absolute atomic E-state index is 13.3. The second kappa shape index (κ2) is 9.20. The van der Waals surface area contributed by atoms with E-state index in [0.717, 1.165) is 38.0 Å². The van der Waals surface area contributed by atoms with Crippen LogP contribution < -0.4 is 10.6 Å². The zero-order valence-corrected chi connectivity index (χ0v) is 17.0. The molecule has 26 heavy (non-hydrogen) atoms. The summed E-state index contributed by atoms with van der Waals surface area (Å²) in [6, 6.07) is 10.8. The smallest absolute Gasteiger partial charge is 0.241 e. The molecule has 1 aromatic carbocycles. The van der Waals surface area contributed by atoms with E-state index >= 15 is 0 Å². The molecule has 1 saturated carbocycles. The van der Waals surface area contributed by atoms with Gasteiger partial charge in [-0.05, 0) is 36.8 Å². The first-order chi connectivity index (χ1) is 12.0. The molecule has 1 unspecified atom stereocenters. The number of nitrogens with zero attached hydrogens (tertiary/aromatic N) is 2. The highest BCUT2D eigenvalue weighted by atomic mass is 35.5. The van der Waals surface area contributed by atoms with Crippen LogP contribution in [0.1, 0.15) is 52.4 Å². The van der Waals surface area contributed by atoms with E-state index in [1.165, 1.54) is 19.3 Å². The van der Waals surface area contributed by atoms with Crippen LogP contribution in [-0.4, -0.2) is 42.5 Å². The summed E-state index contributed by atoms with van der Waals surface area (Å²) in [5, 5.41) is 0. The number of anilines is 1. The zero-order valence-electron chi connectivity index (χ0n) is 16.2. The Balaban J connectivity index is 0.00000243. The van der Waals surface area contributed by atoms with Crippen LogP contribution in [0, 0.1) is 5.41 Å². The van der Waals surface area contributed by atoms with E-state index in [0.29, 0.717) is 12.6 Å². The number of hydrogen-bond acceptors (Lipinski definition) is 3. The average Bonchev–Trinajstić information content (AvgIpc) is 2.60. The van der Waals surface area contributed by atoms with Crippen LogP contribution in [0.4, 0.5) is 5.69 Å². The Hall–Kier alpha value is -1.10. The van der Waals surface area contributed by atoms with Crippen molar-refractivity contribution in [2.45, 2.75) is 64.5 Å². The minimum absolute atomic E-state index is 0. The summed E-state index contributed by atoms with van der Waals surface area (Å²) < 4.78 is 0. The third-order valence-corrected chi connectivity index (χ3v) is 5.99. The summed E-state index contributed by atoms with van der Waals surface area (Å²) in [4.78, 5) is 17.6. The van der Waals surface area contributed by atoms with Gasteiger partial charge in [-0.25, -0.2) is 0 Å². The zero-order chi connectivity index (χ0) is 17.9. The lowest BCUT2D eigenvalue weighted by atomic mass is 9.80. The van der Waals surface area contributed by atoms with Crippen LogP contribution in [-0.2, 0) is 4.79 Å². The second-order valence-electron chi connectivity index (χ2n) is 8.49. The van der Waals surface area contributed by atoms with Crippen LogP contribution in [0.15, 0.2) is 30.3 Å². The van der Waals surface area contributed by atoms with E-state index in [1.54, 1.807) is 0 Å². The van der Waals surface area contributed by atoms with Gasteiger partial charge < -0.3 is 10.6 Å². The van der Waals surface area contributed by atoms with Gasteiger partial charge in [0.15, 0.2) is 0 Å². The van der Waals surface area contributed by atoms with Crippen molar-refractivity contribution in [2.75, 3.05) is 24.5 Å². The third kappa shape index (κ3) is 4.99. The summed E-state index contributed by atoms with van der Waals surface area (Å²) in [6.07, 6.45) is 6.97. The number of benzene rings is 1. The van der Waals surface area contributed by atoms with Gasteiger partial charge in [-0.15, -0.1) is 12.4 Å². The Bertz CT molecular complexity index is 572. The summed E-state index contributed by atoms with van der Waals surface area (Å²) in [5.41, 5.74) is 7.37. The van der Waals surface area contributed by atoms with E-state index in [4.69, 9.17) is 5.73 Å². The lowest BCUT2D eigenvalue weighted by molar-refractivity contribution is -0.121. The number of likely N-dealkylation sites (tertiary alicyclic amines) is 1. The summed E-state index contributed by atoms with van der Waals surface area (Å²) in [7, 11) is 0. The minimum atomic E-state index is 0. The fourth-order valence-electron chi connectivity index (χ4n) is 4.37. The second-order valence-corrected chi connectivity index (χ2v) is 8.49. The standard InChI is InChI=1S/C21H33N3O.ClH/c1-21(2)16-23(14-13-19(21)22)15-20(25)24(17-9-5-3-6-10-17)18-11-7-4-8-12-18;/h3,5-6,9-10,18-19H,4,7-8,11-16,22H2,1-2H3;1H. The normalized spacial score (nSPS) is 23.9. The summed E-state index contributed by atoms with van der Waals surface area (Å²) >= 11 is 0. The van der Waals surface area contributed by atoms with Crippen molar-refractivity contribution in [3.63, 3.8) is 0 Å². The Morgan fingerprint density at radius 2 is 1.81 bits per heavy atom. The molecule has 146 valence electrons. The largest absolute Gasteiger partial charge is 0.327 e. The van der Waals surface area contributed by atoms with Crippen molar-refractivity contribution in [1.82, 2.24) is 4.90 Å².